The van der Waals surface area contributed by atoms with Crippen molar-refractivity contribution in [3.8, 4) is 11.4 Å². The van der Waals surface area contributed by atoms with Crippen LogP contribution in [0.1, 0.15) is 19.5 Å². The van der Waals surface area contributed by atoms with Gasteiger partial charge in [0.15, 0.2) is 0 Å². The molecule has 1 saturated heterocycles. The number of ether oxygens (including phenoxy) is 1. The van der Waals surface area contributed by atoms with Gasteiger partial charge in [0.05, 0.1) is 22.9 Å². The number of hydrogen-bond acceptors (Lipinski definition) is 7. The molecular weight excluding hydrogens is 464 g/mol. The highest BCUT2D eigenvalue weighted by atomic mass is 35.5. The molecule has 1 aliphatic heterocycles. The van der Waals surface area contributed by atoms with Crippen molar-refractivity contribution in [1.29, 1.82) is 0 Å². The summed E-state index contributed by atoms with van der Waals surface area (Å²) in [7, 11) is 5.66. The molecule has 35 heavy (non-hydrogen) atoms. The lowest BCUT2D eigenvalue weighted by molar-refractivity contribution is 0.0719. The number of benzene rings is 1. The highest BCUT2D eigenvalue weighted by Gasteiger charge is 2.35. The SMILES string of the molecule is CCO[C@@H]1CN(c2ccccn2)C[C@H]1Nc1c(CC)nc(-c2ccc(N(C)C)cc2Cl)n(C)c1=O. The van der Waals surface area contributed by atoms with Crippen LogP contribution in [0.3, 0.4) is 0 Å². The maximum atomic E-state index is 13.6. The van der Waals surface area contributed by atoms with Gasteiger partial charge in [0.2, 0.25) is 0 Å². The van der Waals surface area contributed by atoms with Gasteiger partial charge in [0.25, 0.3) is 5.56 Å². The second-order valence-electron chi connectivity index (χ2n) is 8.87. The van der Waals surface area contributed by atoms with Crippen molar-refractivity contribution in [3.05, 3.63) is 63.7 Å². The fourth-order valence-corrected chi connectivity index (χ4v) is 4.72. The van der Waals surface area contributed by atoms with Crippen molar-refractivity contribution >= 4 is 28.8 Å². The summed E-state index contributed by atoms with van der Waals surface area (Å²) in [6.07, 6.45) is 2.31. The highest BCUT2D eigenvalue weighted by molar-refractivity contribution is 6.33. The Kier molecular flexibility index (Phi) is 7.62. The average molecular weight is 497 g/mol. The molecule has 1 aliphatic rings. The lowest BCUT2D eigenvalue weighted by atomic mass is 10.1. The molecule has 0 bridgehead atoms. The van der Waals surface area contributed by atoms with Crippen molar-refractivity contribution in [2.75, 3.05) is 48.9 Å². The zero-order valence-corrected chi connectivity index (χ0v) is 21.7. The maximum absolute atomic E-state index is 13.6. The van der Waals surface area contributed by atoms with Gasteiger partial charge in [-0.2, -0.15) is 0 Å². The summed E-state index contributed by atoms with van der Waals surface area (Å²) in [6, 6.07) is 11.6. The van der Waals surface area contributed by atoms with Crippen molar-refractivity contribution in [2.45, 2.75) is 32.4 Å². The van der Waals surface area contributed by atoms with E-state index in [1.165, 1.54) is 0 Å². The molecule has 0 radical (unpaired) electrons. The summed E-state index contributed by atoms with van der Waals surface area (Å²) in [4.78, 5) is 27.1. The zero-order valence-electron chi connectivity index (χ0n) is 21.0. The normalized spacial score (nSPS) is 17.6. The molecule has 0 aliphatic carbocycles. The molecule has 0 unspecified atom stereocenters. The molecule has 0 amide bonds. The topological polar surface area (TPSA) is 75.5 Å². The van der Waals surface area contributed by atoms with Crippen LogP contribution >= 0.6 is 11.6 Å². The fourth-order valence-electron chi connectivity index (χ4n) is 4.46. The first-order valence-electron chi connectivity index (χ1n) is 11.9. The third-order valence-corrected chi connectivity index (χ3v) is 6.67. The summed E-state index contributed by atoms with van der Waals surface area (Å²) >= 11 is 6.61. The quantitative estimate of drug-likeness (QED) is 0.508. The first-order chi connectivity index (χ1) is 16.8. The van der Waals surface area contributed by atoms with Gasteiger partial charge in [-0.3, -0.25) is 9.36 Å². The smallest absolute Gasteiger partial charge is 0.277 e. The van der Waals surface area contributed by atoms with Gasteiger partial charge in [0.1, 0.15) is 17.3 Å². The summed E-state index contributed by atoms with van der Waals surface area (Å²) in [5, 5.41) is 4.05. The van der Waals surface area contributed by atoms with E-state index in [9.17, 15) is 4.79 Å². The lowest BCUT2D eigenvalue weighted by Gasteiger charge is -2.23. The van der Waals surface area contributed by atoms with E-state index < -0.39 is 0 Å². The van der Waals surface area contributed by atoms with Crippen LogP contribution in [0.4, 0.5) is 17.2 Å². The largest absolute Gasteiger partial charge is 0.378 e. The Hall–Kier alpha value is -3.10. The van der Waals surface area contributed by atoms with E-state index in [-0.39, 0.29) is 17.7 Å². The van der Waals surface area contributed by atoms with E-state index in [1.807, 2.05) is 69.2 Å². The van der Waals surface area contributed by atoms with Crippen molar-refractivity contribution < 1.29 is 4.74 Å². The number of anilines is 3. The Morgan fingerprint density at radius 3 is 2.63 bits per heavy atom. The molecule has 2 atom stereocenters. The minimum Gasteiger partial charge on any atom is -0.378 e. The summed E-state index contributed by atoms with van der Waals surface area (Å²) in [6.45, 7) is 5.95. The number of aryl methyl sites for hydroxylation is 1. The standard InChI is InChI=1S/C26H33ClN6O2/c1-6-20-24(29-21-15-33(16-22(21)35-7-2)23-10-8-9-13-28-23)26(34)32(5)25(30-20)18-12-11-17(31(3)4)14-19(18)27/h8-14,21-22,29H,6-7,15-16H2,1-5H3/t21-,22-/m1/s1. The lowest BCUT2D eigenvalue weighted by Crippen LogP contribution is -2.38. The predicted molar refractivity (Wildman–Crippen MR) is 143 cm³/mol. The van der Waals surface area contributed by atoms with Gasteiger partial charge in [-0.05, 0) is 43.7 Å². The summed E-state index contributed by atoms with van der Waals surface area (Å²) in [5.74, 6) is 1.45. The zero-order chi connectivity index (χ0) is 25.1. The van der Waals surface area contributed by atoms with Gasteiger partial charge in [0, 0.05) is 58.3 Å². The predicted octanol–water partition coefficient (Wildman–Crippen LogP) is 3.83. The third kappa shape index (κ3) is 5.13. The van der Waals surface area contributed by atoms with E-state index in [0.29, 0.717) is 48.3 Å². The first-order valence-corrected chi connectivity index (χ1v) is 12.3. The number of hydrogen-bond donors (Lipinski definition) is 1. The first kappa shape index (κ1) is 25.0. The van der Waals surface area contributed by atoms with E-state index in [4.69, 9.17) is 21.3 Å². The van der Waals surface area contributed by atoms with Crippen molar-refractivity contribution in [3.63, 3.8) is 0 Å². The molecule has 8 nitrogen and oxygen atoms in total. The van der Waals surface area contributed by atoms with Gasteiger partial charge in [-0.25, -0.2) is 9.97 Å². The molecule has 9 heteroatoms. The van der Waals surface area contributed by atoms with Crippen LogP contribution < -0.4 is 20.7 Å². The number of halogens is 1. The Morgan fingerprint density at radius 1 is 1.20 bits per heavy atom. The highest BCUT2D eigenvalue weighted by Crippen LogP contribution is 2.31. The molecule has 3 aromatic rings. The third-order valence-electron chi connectivity index (χ3n) is 6.36. The Bertz CT molecular complexity index is 1230. The number of nitrogens with zero attached hydrogens (tertiary/aromatic N) is 5. The van der Waals surface area contributed by atoms with Crippen molar-refractivity contribution in [1.82, 2.24) is 14.5 Å². The fraction of sp³-hybridized carbons (Fsp3) is 0.423. The second-order valence-corrected chi connectivity index (χ2v) is 9.28. The molecule has 1 N–H and O–H groups in total. The van der Waals surface area contributed by atoms with Crippen LogP contribution in [-0.4, -0.2) is 60.5 Å². The van der Waals surface area contributed by atoms with Crippen molar-refractivity contribution in [2.24, 2.45) is 7.05 Å². The van der Waals surface area contributed by atoms with Gasteiger partial charge in [-0.1, -0.05) is 24.6 Å². The molecular formula is C26H33ClN6O2. The molecule has 0 spiro atoms. The molecule has 3 heterocycles. The van der Waals surface area contributed by atoms with Gasteiger partial charge in [-0.15, -0.1) is 0 Å². The minimum atomic E-state index is -0.133. The van der Waals surface area contributed by atoms with Crippen LogP contribution in [-0.2, 0) is 18.2 Å². The van der Waals surface area contributed by atoms with Crippen LogP contribution in [0.2, 0.25) is 5.02 Å². The van der Waals surface area contributed by atoms with Gasteiger partial charge >= 0.3 is 0 Å². The molecule has 1 aromatic carbocycles. The maximum Gasteiger partial charge on any atom is 0.277 e. The number of rotatable bonds is 8. The van der Waals surface area contributed by atoms with Crippen LogP contribution in [0.5, 0.6) is 0 Å². The Morgan fingerprint density at radius 2 is 2.00 bits per heavy atom. The Balaban J connectivity index is 1.68. The van der Waals surface area contributed by atoms with E-state index in [0.717, 1.165) is 17.1 Å². The second kappa shape index (κ2) is 10.7. The van der Waals surface area contributed by atoms with Crippen LogP contribution in [0, 0.1) is 0 Å². The van der Waals surface area contributed by atoms with Gasteiger partial charge < -0.3 is 19.9 Å². The molecule has 2 aromatic heterocycles. The molecule has 0 saturated carbocycles. The summed E-state index contributed by atoms with van der Waals surface area (Å²) in [5.41, 5.74) is 2.80. The van der Waals surface area contributed by atoms with E-state index in [2.05, 4.69) is 15.2 Å². The van der Waals surface area contributed by atoms with Crippen LogP contribution in [0.15, 0.2) is 47.4 Å². The van der Waals surface area contributed by atoms with E-state index >= 15 is 0 Å². The minimum absolute atomic E-state index is 0.0782. The number of pyridine rings is 1. The average Bonchev–Trinajstić information content (AvgIpc) is 3.25. The van der Waals surface area contributed by atoms with Crippen LogP contribution in [0.25, 0.3) is 11.4 Å². The van der Waals surface area contributed by atoms with E-state index in [1.54, 1.807) is 17.8 Å². The molecule has 1 fully saturated rings. The Labute approximate surface area is 211 Å². The molecule has 186 valence electrons. The summed E-state index contributed by atoms with van der Waals surface area (Å²) < 4.78 is 7.61. The monoisotopic (exact) mass is 496 g/mol. The number of nitrogens with one attached hydrogen (secondary N) is 1. The number of aromatic nitrogens is 3. The molecule has 4 rings (SSSR count).